The molecule has 1 saturated heterocycles. The Balaban J connectivity index is 1.67. The lowest BCUT2D eigenvalue weighted by atomic mass is 10.2. The highest BCUT2D eigenvalue weighted by molar-refractivity contribution is 5.91. The SMILES string of the molecule is CN(C)C(=O)c1cncc(N2CCCN(C3CCCC3)CC2)n1. The Morgan fingerprint density at radius 2 is 1.87 bits per heavy atom. The van der Waals surface area contributed by atoms with Gasteiger partial charge in [0.25, 0.3) is 5.91 Å². The van der Waals surface area contributed by atoms with Gasteiger partial charge in [-0.25, -0.2) is 4.98 Å². The Hall–Kier alpha value is -1.69. The van der Waals surface area contributed by atoms with Crippen molar-refractivity contribution in [1.29, 1.82) is 0 Å². The number of nitrogens with zero attached hydrogens (tertiary/aromatic N) is 5. The average Bonchev–Trinajstić information content (AvgIpc) is 2.99. The molecule has 1 aliphatic heterocycles. The second-order valence-corrected chi connectivity index (χ2v) is 6.78. The van der Waals surface area contributed by atoms with Gasteiger partial charge >= 0.3 is 0 Å². The van der Waals surface area contributed by atoms with Gasteiger partial charge in [-0.2, -0.15) is 0 Å². The Kier molecular flexibility index (Phi) is 5.10. The van der Waals surface area contributed by atoms with Crippen LogP contribution in [0.15, 0.2) is 12.4 Å². The third-order valence-electron chi connectivity index (χ3n) is 4.94. The number of carbonyl (C=O) groups is 1. The van der Waals surface area contributed by atoms with Gasteiger partial charge in [-0.05, 0) is 19.3 Å². The van der Waals surface area contributed by atoms with Crippen LogP contribution in [0.1, 0.15) is 42.6 Å². The van der Waals surface area contributed by atoms with E-state index in [2.05, 4.69) is 19.8 Å². The van der Waals surface area contributed by atoms with E-state index in [0.29, 0.717) is 5.69 Å². The molecule has 3 rings (SSSR count). The van der Waals surface area contributed by atoms with Crippen LogP contribution in [0.25, 0.3) is 0 Å². The summed E-state index contributed by atoms with van der Waals surface area (Å²) in [6.45, 7) is 4.20. The molecule has 1 aromatic rings. The fourth-order valence-corrected chi connectivity index (χ4v) is 3.64. The van der Waals surface area contributed by atoms with Crippen molar-refractivity contribution >= 4 is 11.7 Å². The zero-order valence-electron chi connectivity index (χ0n) is 14.2. The van der Waals surface area contributed by atoms with Crippen molar-refractivity contribution in [3.05, 3.63) is 18.1 Å². The Bertz CT molecular complexity index is 542. The van der Waals surface area contributed by atoms with Crippen LogP contribution < -0.4 is 4.90 Å². The van der Waals surface area contributed by atoms with Crippen molar-refractivity contribution in [2.24, 2.45) is 0 Å². The molecule has 0 spiro atoms. The van der Waals surface area contributed by atoms with E-state index in [4.69, 9.17) is 0 Å². The molecule has 2 heterocycles. The van der Waals surface area contributed by atoms with Crippen LogP contribution in [0.5, 0.6) is 0 Å². The summed E-state index contributed by atoms with van der Waals surface area (Å²) in [6, 6.07) is 0.780. The first-order valence-electron chi connectivity index (χ1n) is 8.68. The van der Waals surface area contributed by atoms with Crippen LogP contribution in [0, 0.1) is 0 Å². The predicted molar refractivity (Wildman–Crippen MR) is 90.7 cm³/mol. The predicted octanol–water partition coefficient (Wildman–Crippen LogP) is 1.63. The fourth-order valence-electron chi connectivity index (χ4n) is 3.64. The molecule has 1 aliphatic carbocycles. The third kappa shape index (κ3) is 3.80. The van der Waals surface area contributed by atoms with Crippen LogP contribution in [-0.4, -0.2) is 72.0 Å². The Morgan fingerprint density at radius 1 is 1.09 bits per heavy atom. The minimum atomic E-state index is -0.0956. The maximum atomic E-state index is 12.1. The standard InChI is InChI=1S/C17H27N5O/c1-20(2)17(23)15-12-18-13-16(19-15)22-9-5-8-21(10-11-22)14-6-3-4-7-14/h12-14H,3-11H2,1-2H3. The van der Waals surface area contributed by atoms with E-state index < -0.39 is 0 Å². The highest BCUT2D eigenvalue weighted by Crippen LogP contribution is 2.25. The van der Waals surface area contributed by atoms with Crippen LogP contribution in [-0.2, 0) is 0 Å². The molecule has 6 heteroatoms. The van der Waals surface area contributed by atoms with Gasteiger partial charge in [-0.3, -0.25) is 14.7 Å². The Labute approximate surface area is 138 Å². The molecule has 0 aromatic carbocycles. The van der Waals surface area contributed by atoms with Crippen molar-refractivity contribution in [1.82, 2.24) is 19.8 Å². The lowest BCUT2D eigenvalue weighted by Crippen LogP contribution is -2.37. The number of carbonyl (C=O) groups excluding carboxylic acids is 1. The van der Waals surface area contributed by atoms with Crippen molar-refractivity contribution in [2.75, 3.05) is 45.2 Å². The van der Waals surface area contributed by atoms with E-state index in [9.17, 15) is 4.79 Å². The van der Waals surface area contributed by atoms with Crippen LogP contribution in [0.3, 0.4) is 0 Å². The van der Waals surface area contributed by atoms with Gasteiger partial charge in [-0.1, -0.05) is 12.8 Å². The Morgan fingerprint density at radius 3 is 2.61 bits per heavy atom. The number of hydrogen-bond acceptors (Lipinski definition) is 5. The van der Waals surface area contributed by atoms with Crippen LogP contribution in [0.2, 0.25) is 0 Å². The van der Waals surface area contributed by atoms with E-state index in [1.165, 1.54) is 37.1 Å². The number of amides is 1. The largest absolute Gasteiger partial charge is 0.354 e. The minimum Gasteiger partial charge on any atom is -0.354 e. The maximum Gasteiger partial charge on any atom is 0.273 e. The molecular weight excluding hydrogens is 290 g/mol. The quantitative estimate of drug-likeness (QED) is 0.848. The molecular formula is C17H27N5O. The topological polar surface area (TPSA) is 52.6 Å². The van der Waals surface area contributed by atoms with Crippen molar-refractivity contribution in [3.63, 3.8) is 0 Å². The summed E-state index contributed by atoms with van der Waals surface area (Å²) in [5.41, 5.74) is 0.421. The summed E-state index contributed by atoms with van der Waals surface area (Å²) >= 11 is 0. The maximum absolute atomic E-state index is 12.1. The first kappa shape index (κ1) is 16.2. The van der Waals surface area contributed by atoms with Crippen LogP contribution >= 0.6 is 0 Å². The second kappa shape index (κ2) is 7.25. The third-order valence-corrected chi connectivity index (χ3v) is 4.94. The second-order valence-electron chi connectivity index (χ2n) is 6.78. The fraction of sp³-hybridized carbons (Fsp3) is 0.706. The molecule has 0 radical (unpaired) electrons. The van der Waals surface area contributed by atoms with Crippen LogP contribution in [0.4, 0.5) is 5.82 Å². The minimum absolute atomic E-state index is 0.0956. The number of anilines is 1. The molecule has 0 bridgehead atoms. The van der Waals surface area contributed by atoms with Gasteiger partial charge < -0.3 is 9.80 Å². The highest BCUT2D eigenvalue weighted by Gasteiger charge is 2.25. The summed E-state index contributed by atoms with van der Waals surface area (Å²) in [4.78, 5) is 27.3. The van der Waals surface area contributed by atoms with Crippen molar-refractivity contribution < 1.29 is 4.79 Å². The number of aromatic nitrogens is 2. The van der Waals surface area contributed by atoms with E-state index in [0.717, 1.165) is 37.9 Å². The molecule has 2 fully saturated rings. The summed E-state index contributed by atoms with van der Waals surface area (Å²) in [7, 11) is 3.48. The van der Waals surface area contributed by atoms with E-state index in [1.54, 1.807) is 26.5 Å². The number of hydrogen-bond donors (Lipinski definition) is 0. The summed E-state index contributed by atoms with van der Waals surface area (Å²) in [5.74, 6) is 0.729. The van der Waals surface area contributed by atoms with Gasteiger partial charge in [0.1, 0.15) is 11.5 Å². The molecule has 0 unspecified atom stereocenters. The molecule has 23 heavy (non-hydrogen) atoms. The molecule has 1 aromatic heterocycles. The van der Waals surface area contributed by atoms with Crippen molar-refractivity contribution in [2.45, 2.75) is 38.1 Å². The lowest BCUT2D eigenvalue weighted by Gasteiger charge is -2.27. The van der Waals surface area contributed by atoms with Gasteiger partial charge in [-0.15, -0.1) is 0 Å². The highest BCUT2D eigenvalue weighted by atomic mass is 16.2. The lowest BCUT2D eigenvalue weighted by molar-refractivity contribution is 0.0821. The molecule has 126 valence electrons. The monoisotopic (exact) mass is 317 g/mol. The molecule has 0 atom stereocenters. The zero-order chi connectivity index (χ0) is 16.2. The van der Waals surface area contributed by atoms with Gasteiger partial charge in [0.05, 0.1) is 12.4 Å². The first-order valence-corrected chi connectivity index (χ1v) is 8.68. The molecule has 1 saturated carbocycles. The first-order chi connectivity index (χ1) is 11.1. The van der Waals surface area contributed by atoms with Gasteiger partial charge in [0.2, 0.25) is 0 Å². The molecule has 1 amide bonds. The van der Waals surface area contributed by atoms with Gasteiger partial charge in [0.15, 0.2) is 0 Å². The normalized spacial score (nSPS) is 20.5. The zero-order valence-corrected chi connectivity index (χ0v) is 14.2. The number of rotatable bonds is 3. The van der Waals surface area contributed by atoms with E-state index >= 15 is 0 Å². The average molecular weight is 317 g/mol. The summed E-state index contributed by atoms with van der Waals surface area (Å²) in [5, 5.41) is 0. The summed E-state index contributed by atoms with van der Waals surface area (Å²) in [6.07, 6.45) is 9.94. The van der Waals surface area contributed by atoms with E-state index in [-0.39, 0.29) is 5.91 Å². The smallest absolute Gasteiger partial charge is 0.273 e. The summed E-state index contributed by atoms with van der Waals surface area (Å²) < 4.78 is 0. The van der Waals surface area contributed by atoms with Gasteiger partial charge in [0, 0.05) is 46.3 Å². The molecule has 0 N–H and O–H groups in total. The van der Waals surface area contributed by atoms with Crippen molar-refractivity contribution in [3.8, 4) is 0 Å². The van der Waals surface area contributed by atoms with E-state index in [1.807, 2.05) is 0 Å². The molecule has 2 aliphatic rings. The molecule has 6 nitrogen and oxygen atoms in total.